The lowest BCUT2D eigenvalue weighted by atomic mass is 9.91. The minimum absolute atomic E-state index is 0.0402. The third-order valence-corrected chi connectivity index (χ3v) is 9.44. The van der Waals surface area contributed by atoms with Gasteiger partial charge in [-0.05, 0) is 62.8 Å². The summed E-state index contributed by atoms with van der Waals surface area (Å²) in [5.74, 6) is 3.88. The molecule has 0 saturated carbocycles. The molecule has 0 bridgehead atoms. The van der Waals surface area contributed by atoms with Crippen LogP contribution in [0.3, 0.4) is 0 Å². The van der Waals surface area contributed by atoms with Crippen LogP contribution < -0.4 is 0 Å². The lowest BCUT2D eigenvalue weighted by Gasteiger charge is -2.48. The average molecular weight is 764 g/mol. The molecule has 2 aliphatic heterocycles. The maximum Gasteiger partial charge on any atom is 0.413 e. The lowest BCUT2D eigenvalue weighted by Crippen LogP contribution is -2.66. The van der Waals surface area contributed by atoms with Crippen LogP contribution >= 0.6 is 0 Å². The fraction of sp³-hybridized carbons (Fsp3) is 0.413. The molecule has 1 amide bonds. The topological polar surface area (TPSA) is 105 Å². The number of rotatable bonds is 13. The quantitative estimate of drug-likeness (QED) is 0.139. The number of carbonyl (C=O) groups excluding carboxylic acids is 1. The number of nitrogens with zero attached hydrogens (tertiary/aromatic N) is 1. The second-order valence-corrected chi connectivity index (χ2v) is 15.5. The van der Waals surface area contributed by atoms with Gasteiger partial charge in [-0.2, -0.15) is 0 Å². The molecule has 2 fully saturated rings. The summed E-state index contributed by atoms with van der Waals surface area (Å²) in [6.45, 7) is 9.94. The van der Waals surface area contributed by atoms with Crippen molar-refractivity contribution >= 4 is 6.09 Å². The molecule has 10 nitrogen and oxygen atoms in total. The Bertz CT molecular complexity index is 1880. The molecule has 4 aromatic rings. The lowest BCUT2D eigenvalue weighted by molar-refractivity contribution is -0.347. The van der Waals surface area contributed by atoms with Crippen LogP contribution in [0.1, 0.15) is 56.9 Å². The molecule has 6 atom stereocenters. The van der Waals surface area contributed by atoms with Gasteiger partial charge in [0.2, 0.25) is 0 Å². The highest BCUT2D eigenvalue weighted by molar-refractivity contribution is 5.70. The van der Waals surface area contributed by atoms with Gasteiger partial charge in [0.25, 0.3) is 5.79 Å². The van der Waals surface area contributed by atoms with Crippen molar-refractivity contribution in [1.29, 1.82) is 0 Å². The Hall–Kier alpha value is -4.57. The molecule has 2 aliphatic rings. The predicted octanol–water partition coefficient (Wildman–Crippen LogP) is 7.42. The number of hydrogen-bond acceptors (Lipinski definition) is 9. The molecule has 56 heavy (non-hydrogen) atoms. The first kappa shape index (κ1) is 41.1. The zero-order valence-electron chi connectivity index (χ0n) is 32.8. The molecule has 0 aliphatic carbocycles. The highest BCUT2D eigenvalue weighted by Crippen LogP contribution is 2.36. The predicted molar refractivity (Wildman–Crippen MR) is 211 cm³/mol. The Morgan fingerprint density at radius 2 is 1.20 bits per heavy atom. The van der Waals surface area contributed by atoms with E-state index in [9.17, 15) is 9.90 Å². The summed E-state index contributed by atoms with van der Waals surface area (Å²) in [5.41, 5.74) is 1.96. The summed E-state index contributed by atoms with van der Waals surface area (Å²) in [7, 11) is 0. The van der Waals surface area contributed by atoms with Gasteiger partial charge in [-0.25, -0.2) is 4.79 Å². The molecule has 2 heterocycles. The van der Waals surface area contributed by atoms with Crippen LogP contribution in [0.15, 0.2) is 121 Å². The zero-order valence-corrected chi connectivity index (χ0v) is 32.8. The number of hydrogen-bond donors (Lipinski definition) is 1. The van der Waals surface area contributed by atoms with Crippen LogP contribution in [-0.4, -0.2) is 76.9 Å². The fourth-order valence-corrected chi connectivity index (χ4v) is 6.71. The molecule has 0 spiro atoms. The second kappa shape index (κ2) is 18.6. The number of amides is 1. The Morgan fingerprint density at radius 3 is 1.70 bits per heavy atom. The van der Waals surface area contributed by atoms with Crippen LogP contribution in [-0.2, 0) is 59.6 Å². The van der Waals surface area contributed by atoms with E-state index in [0.29, 0.717) is 6.61 Å². The molecule has 296 valence electrons. The Balaban J connectivity index is 1.39. The normalized spacial score (nSPS) is 24.6. The molecular formula is C46H53NO9. The average Bonchev–Trinajstić information content (AvgIpc) is 3.50. The van der Waals surface area contributed by atoms with Gasteiger partial charge in [0.1, 0.15) is 35.7 Å². The van der Waals surface area contributed by atoms with E-state index >= 15 is 0 Å². The summed E-state index contributed by atoms with van der Waals surface area (Å²) in [4.78, 5) is 15.0. The van der Waals surface area contributed by atoms with E-state index in [0.717, 1.165) is 22.3 Å². The van der Waals surface area contributed by atoms with E-state index in [1.54, 1.807) is 34.6 Å². The van der Waals surface area contributed by atoms with E-state index in [1.165, 1.54) is 4.90 Å². The summed E-state index contributed by atoms with van der Waals surface area (Å²) < 4.78 is 44.8. The Labute approximate surface area is 330 Å². The maximum atomic E-state index is 13.5. The van der Waals surface area contributed by atoms with Crippen LogP contribution in [0.2, 0.25) is 0 Å². The molecule has 2 saturated heterocycles. The van der Waals surface area contributed by atoms with Crippen molar-refractivity contribution in [1.82, 2.24) is 4.90 Å². The number of aliphatic hydroxyl groups is 1. The molecule has 0 radical (unpaired) electrons. The monoisotopic (exact) mass is 763 g/mol. The van der Waals surface area contributed by atoms with E-state index in [-0.39, 0.29) is 33.0 Å². The highest BCUT2D eigenvalue weighted by atomic mass is 16.7. The third-order valence-electron chi connectivity index (χ3n) is 9.44. The van der Waals surface area contributed by atoms with E-state index in [1.807, 2.05) is 121 Å². The van der Waals surface area contributed by atoms with Crippen LogP contribution in [0.5, 0.6) is 0 Å². The summed E-state index contributed by atoms with van der Waals surface area (Å²) in [5, 5.41) is 12.8. The van der Waals surface area contributed by atoms with Gasteiger partial charge in [0.05, 0.1) is 39.6 Å². The van der Waals surface area contributed by atoms with Gasteiger partial charge in [0.15, 0.2) is 6.10 Å². The summed E-state index contributed by atoms with van der Waals surface area (Å²) in [6, 6.07) is 38.3. The van der Waals surface area contributed by atoms with Gasteiger partial charge < -0.3 is 38.3 Å². The van der Waals surface area contributed by atoms with Crippen molar-refractivity contribution in [2.24, 2.45) is 0 Å². The minimum atomic E-state index is -2.25. The van der Waals surface area contributed by atoms with Crippen molar-refractivity contribution in [2.45, 2.75) is 109 Å². The minimum Gasteiger partial charge on any atom is -0.444 e. The van der Waals surface area contributed by atoms with E-state index in [4.69, 9.17) is 33.2 Å². The maximum absolute atomic E-state index is 13.5. The van der Waals surface area contributed by atoms with Crippen molar-refractivity contribution in [3.63, 3.8) is 0 Å². The van der Waals surface area contributed by atoms with Crippen molar-refractivity contribution in [3.05, 3.63) is 144 Å². The smallest absolute Gasteiger partial charge is 0.413 e. The number of ether oxygens (including phenoxy) is 7. The Kier molecular flexibility index (Phi) is 13.6. The highest BCUT2D eigenvalue weighted by Gasteiger charge is 2.56. The van der Waals surface area contributed by atoms with Crippen LogP contribution in [0, 0.1) is 11.8 Å². The van der Waals surface area contributed by atoms with Crippen molar-refractivity contribution < 1.29 is 43.1 Å². The van der Waals surface area contributed by atoms with Crippen molar-refractivity contribution in [3.8, 4) is 11.8 Å². The molecule has 1 unspecified atom stereocenters. The van der Waals surface area contributed by atoms with Gasteiger partial charge in [-0.15, -0.1) is 0 Å². The standard InChI is InChI=1S/C46H53NO9/c1-44(2,3)56-43(48)47-38(32-54-45(47,4)5)26-27-46(49)42(53-31-37-24-16-9-17-25-37)41(52-30-36-22-14-8-15-23-36)40(51-29-35-20-12-7-13-21-35)39(55-46)33-50-28-34-18-10-6-11-19-34/h6-25,38-42,49H,28-33H2,1-5H3/t38-,39+,40+,41-,42+,46?/m0/s1. The van der Waals surface area contributed by atoms with E-state index < -0.39 is 53.7 Å². The summed E-state index contributed by atoms with van der Waals surface area (Å²) in [6.07, 6.45) is -4.31. The first-order valence-electron chi connectivity index (χ1n) is 19.1. The Morgan fingerprint density at radius 1 is 0.732 bits per heavy atom. The summed E-state index contributed by atoms with van der Waals surface area (Å²) >= 11 is 0. The number of benzene rings is 4. The van der Waals surface area contributed by atoms with Gasteiger partial charge in [-0.1, -0.05) is 127 Å². The van der Waals surface area contributed by atoms with Gasteiger partial charge in [-0.3, -0.25) is 4.90 Å². The molecule has 6 rings (SSSR count). The van der Waals surface area contributed by atoms with Crippen molar-refractivity contribution in [2.75, 3.05) is 13.2 Å². The van der Waals surface area contributed by atoms with Crippen LogP contribution in [0.25, 0.3) is 0 Å². The molecular weight excluding hydrogens is 711 g/mol. The third kappa shape index (κ3) is 11.1. The second-order valence-electron chi connectivity index (χ2n) is 15.5. The van der Waals surface area contributed by atoms with Crippen LogP contribution in [0.4, 0.5) is 4.79 Å². The molecule has 4 aromatic carbocycles. The fourth-order valence-electron chi connectivity index (χ4n) is 6.71. The molecule has 1 N–H and O–H groups in total. The van der Waals surface area contributed by atoms with E-state index in [2.05, 4.69) is 11.8 Å². The largest absolute Gasteiger partial charge is 0.444 e. The SMILES string of the molecule is CC(C)(C)OC(=O)N1[C@@H](C#CC2(O)O[C@H](COCc3ccccc3)[C@@H](OCc3ccccc3)[C@H](OCc3ccccc3)[C@H]2OCc2ccccc2)COC1(C)C. The molecule has 10 heteroatoms. The van der Waals surface area contributed by atoms with Gasteiger partial charge >= 0.3 is 6.09 Å². The number of carbonyl (C=O) groups is 1. The first-order valence-corrected chi connectivity index (χ1v) is 19.1. The zero-order chi connectivity index (χ0) is 39.6. The first-order chi connectivity index (χ1) is 26.9. The van der Waals surface area contributed by atoms with Gasteiger partial charge in [0, 0.05) is 0 Å². The molecule has 0 aromatic heterocycles.